The third-order valence-corrected chi connectivity index (χ3v) is 5.57. The van der Waals surface area contributed by atoms with Crippen LogP contribution < -0.4 is 5.32 Å². The number of piperidine rings is 1. The van der Waals surface area contributed by atoms with Gasteiger partial charge in [0.25, 0.3) is 5.91 Å². The maximum absolute atomic E-state index is 12.8. The summed E-state index contributed by atoms with van der Waals surface area (Å²) < 4.78 is 0. The van der Waals surface area contributed by atoms with E-state index in [0.29, 0.717) is 6.67 Å². The molecule has 1 saturated carbocycles. The number of urea groups is 1. The number of hydrogen-bond acceptors (Lipinski definition) is 3. The number of hydrogen-bond donors (Lipinski definition) is 1. The van der Waals surface area contributed by atoms with Crippen LogP contribution in [0.3, 0.4) is 0 Å². The first-order chi connectivity index (χ1) is 10.1. The van der Waals surface area contributed by atoms with Gasteiger partial charge in [-0.1, -0.05) is 19.8 Å². The number of nitrogens with zero attached hydrogens (tertiary/aromatic N) is 2. The molecule has 0 aromatic rings. The Bertz CT molecular complexity index is 410. The van der Waals surface area contributed by atoms with E-state index in [0.717, 1.165) is 44.7 Å². The zero-order chi connectivity index (χ0) is 14.9. The average molecular weight is 293 g/mol. The third-order valence-electron chi connectivity index (χ3n) is 5.57. The summed E-state index contributed by atoms with van der Waals surface area (Å²) in [5, 5.41) is 3.01. The number of likely N-dealkylation sites (tertiary alicyclic amines) is 1. The van der Waals surface area contributed by atoms with Crippen molar-refractivity contribution in [3.8, 4) is 0 Å². The van der Waals surface area contributed by atoms with Crippen LogP contribution in [0.25, 0.3) is 0 Å². The van der Waals surface area contributed by atoms with Crippen molar-refractivity contribution in [2.75, 3.05) is 19.8 Å². The van der Waals surface area contributed by atoms with Crippen molar-refractivity contribution in [2.45, 2.75) is 63.8 Å². The van der Waals surface area contributed by atoms with Crippen LogP contribution in [0.5, 0.6) is 0 Å². The molecule has 3 rings (SSSR count). The lowest BCUT2D eigenvalue weighted by Gasteiger charge is -2.35. The van der Waals surface area contributed by atoms with Gasteiger partial charge in [0, 0.05) is 0 Å². The van der Waals surface area contributed by atoms with Gasteiger partial charge in [0.1, 0.15) is 5.54 Å². The van der Waals surface area contributed by atoms with Crippen molar-refractivity contribution in [3.05, 3.63) is 0 Å². The minimum Gasteiger partial charge on any atom is -0.323 e. The highest BCUT2D eigenvalue weighted by Gasteiger charge is 2.52. The Hall–Kier alpha value is -1.10. The van der Waals surface area contributed by atoms with E-state index in [4.69, 9.17) is 0 Å². The molecule has 2 heterocycles. The molecule has 1 N–H and O–H groups in total. The average Bonchev–Trinajstić information content (AvgIpc) is 2.74. The van der Waals surface area contributed by atoms with Crippen molar-refractivity contribution < 1.29 is 9.59 Å². The second-order valence-corrected chi connectivity index (χ2v) is 6.92. The second-order valence-electron chi connectivity index (χ2n) is 6.92. The van der Waals surface area contributed by atoms with E-state index in [1.807, 2.05) is 0 Å². The molecule has 118 valence electrons. The van der Waals surface area contributed by atoms with Crippen molar-refractivity contribution in [1.29, 1.82) is 0 Å². The molecule has 0 unspecified atom stereocenters. The number of amides is 3. The second kappa shape index (κ2) is 5.95. The van der Waals surface area contributed by atoms with Gasteiger partial charge in [-0.2, -0.15) is 0 Å². The van der Waals surface area contributed by atoms with E-state index in [1.54, 1.807) is 0 Å². The van der Waals surface area contributed by atoms with Gasteiger partial charge >= 0.3 is 6.03 Å². The fourth-order valence-electron chi connectivity index (χ4n) is 4.02. The lowest BCUT2D eigenvalue weighted by atomic mass is 9.75. The van der Waals surface area contributed by atoms with Crippen molar-refractivity contribution in [1.82, 2.24) is 15.1 Å². The lowest BCUT2D eigenvalue weighted by Crippen LogP contribution is -2.50. The number of nitrogens with one attached hydrogen (secondary N) is 1. The van der Waals surface area contributed by atoms with Crippen LogP contribution in [0.15, 0.2) is 0 Å². The number of rotatable bonds is 3. The zero-order valence-corrected chi connectivity index (χ0v) is 13.1. The van der Waals surface area contributed by atoms with Gasteiger partial charge in [0.15, 0.2) is 0 Å². The highest BCUT2D eigenvalue weighted by Crippen LogP contribution is 2.37. The molecule has 3 fully saturated rings. The molecular weight excluding hydrogens is 266 g/mol. The van der Waals surface area contributed by atoms with Gasteiger partial charge in [0.2, 0.25) is 0 Å². The van der Waals surface area contributed by atoms with Crippen molar-refractivity contribution in [2.24, 2.45) is 5.92 Å². The maximum atomic E-state index is 12.8. The minimum absolute atomic E-state index is 0.0210. The van der Waals surface area contributed by atoms with Gasteiger partial charge in [-0.3, -0.25) is 9.69 Å². The number of imide groups is 1. The molecule has 0 aromatic heterocycles. The van der Waals surface area contributed by atoms with Gasteiger partial charge in [-0.25, -0.2) is 9.69 Å². The molecule has 3 aliphatic rings. The molecule has 3 amide bonds. The van der Waals surface area contributed by atoms with Crippen LogP contribution in [0.2, 0.25) is 0 Å². The van der Waals surface area contributed by atoms with Crippen LogP contribution in [-0.4, -0.2) is 47.0 Å². The van der Waals surface area contributed by atoms with E-state index in [-0.39, 0.29) is 11.9 Å². The molecule has 0 bridgehead atoms. The predicted octanol–water partition coefficient (Wildman–Crippen LogP) is 2.32. The Morgan fingerprint density at radius 3 is 2.43 bits per heavy atom. The SMILES string of the molecule is CCC1CCC2(CC1)NC(=O)N(CN1CCCCC1)C2=O. The molecule has 2 aliphatic heterocycles. The molecule has 0 aromatic carbocycles. The van der Waals surface area contributed by atoms with Crippen molar-refractivity contribution in [3.63, 3.8) is 0 Å². The maximum Gasteiger partial charge on any atom is 0.326 e. The Morgan fingerprint density at radius 1 is 1.14 bits per heavy atom. The molecule has 0 atom stereocenters. The van der Waals surface area contributed by atoms with Gasteiger partial charge in [0.05, 0.1) is 6.67 Å². The normalized spacial score (nSPS) is 34.5. The Balaban J connectivity index is 1.64. The lowest BCUT2D eigenvalue weighted by molar-refractivity contribution is -0.134. The largest absolute Gasteiger partial charge is 0.326 e. The van der Waals surface area contributed by atoms with Gasteiger partial charge in [-0.05, 0) is 57.5 Å². The van der Waals surface area contributed by atoms with E-state index in [9.17, 15) is 9.59 Å². The predicted molar refractivity (Wildman–Crippen MR) is 80.6 cm³/mol. The molecule has 5 heteroatoms. The quantitative estimate of drug-likeness (QED) is 0.813. The van der Waals surface area contributed by atoms with Crippen LogP contribution in [0, 0.1) is 5.92 Å². The van der Waals surface area contributed by atoms with E-state index >= 15 is 0 Å². The monoisotopic (exact) mass is 293 g/mol. The number of carbonyl (C=O) groups excluding carboxylic acids is 2. The summed E-state index contributed by atoms with van der Waals surface area (Å²) in [6.45, 7) is 4.69. The standard InChI is InChI=1S/C16H27N3O2/c1-2-13-6-8-16(9-7-13)14(20)19(15(21)17-16)12-18-10-4-3-5-11-18/h13H,2-12H2,1H3,(H,17,21). The summed E-state index contributed by atoms with van der Waals surface area (Å²) in [6, 6.07) is -0.180. The van der Waals surface area contributed by atoms with E-state index in [2.05, 4.69) is 17.1 Å². The Labute approximate surface area is 127 Å². The van der Waals surface area contributed by atoms with Gasteiger partial charge < -0.3 is 5.32 Å². The molecule has 21 heavy (non-hydrogen) atoms. The van der Waals surface area contributed by atoms with Crippen molar-refractivity contribution >= 4 is 11.9 Å². The van der Waals surface area contributed by atoms with E-state index in [1.165, 1.54) is 30.6 Å². The molecular formula is C16H27N3O2. The van der Waals surface area contributed by atoms with Crippen LogP contribution in [0.4, 0.5) is 4.79 Å². The summed E-state index contributed by atoms with van der Waals surface area (Å²) in [5.74, 6) is 0.740. The summed E-state index contributed by atoms with van der Waals surface area (Å²) in [4.78, 5) is 28.7. The highest BCUT2D eigenvalue weighted by molar-refractivity contribution is 6.07. The highest BCUT2D eigenvalue weighted by atomic mass is 16.2. The summed E-state index contributed by atoms with van der Waals surface area (Å²) in [5.41, 5.74) is -0.585. The summed E-state index contributed by atoms with van der Waals surface area (Å²) in [7, 11) is 0. The first-order valence-electron chi connectivity index (χ1n) is 8.51. The Morgan fingerprint density at radius 2 is 1.81 bits per heavy atom. The Kier molecular flexibility index (Phi) is 4.20. The summed E-state index contributed by atoms with van der Waals surface area (Å²) >= 11 is 0. The van der Waals surface area contributed by atoms with Gasteiger partial charge in [-0.15, -0.1) is 0 Å². The smallest absolute Gasteiger partial charge is 0.323 e. The zero-order valence-electron chi connectivity index (χ0n) is 13.1. The third kappa shape index (κ3) is 2.80. The molecule has 0 radical (unpaired) electrons. The fraction of sp³-hybridized carbons (Fsp3) is 0.875. The van der Waals surface area contributed by atoms with Crippen LogP contribution in [-0.2, 0) is 4.79 Å². The fourth-order valence-corrected chi connectivity index (χ4v) is 4.02. The molecule has 1 spiro atoms. The first kappa shape index (κ1) is 14.8. The van der Waals surface area contributed by atoms with Crippen LogP contribution >= 0.6 is 0 Å². The summed E-state index contributed by atoms with van der Waals surface area (Å²) in [6.07, 6.45) is 8.52. The molecule has 2 saturated heterocycles. The molecule has 1 aliphatic carbocycles. The first-order valence-corrected chi connectivity index (χ1v) is 8.51. The topological polar surface area (TPSA) is 52.7 Å². The minimum atomic E-state index is -0.585. The van der Waals surface area contributed by atoms with E-state index < -0.39 is 5.54 Å². The van der Waals surface area contributed by atoms with Crippen LogP contribution in [0.1, 0.15) is 58.3 Å². The molecule has 5 nitrogen and oxygen atoms in total. The number of carbonyl (C=O) groups is 2.